The Kier molecular flexibility index (Phi) is 8.39. The highest BCUT2D eigenvalue weighted by molar-refractivity contribution is 7.09. The van der Waals surface area contributed by atoms with Crippen molar-refractivity contribution in [2.75, 3.05) is 18.5 Å². The minimum atomic E-state index is -0.446. The molecular formula is C24H24N2O5S. The van der Waals surface area contributed by atoms with Crippen LogP contribution in [0, 0.1) is 6.92 Å². The third-order valence-corrected chi connectivity index (χ3v) is 4.92. The second kappa shape index (κ2) is 11.7. The van der Waals surface area contributed by atoms with E-state index < -0.39 is 5.97 Å². The number of rotatable bonds is 10. The van der Waals surface area contributed by atoms with Gasteiger partial charge in [-0.1, -0.05) is 18.2 Å². The summed E-state index contributed by atoms with van der Waals surface area (Å²) in [7, 11) is 0. The summed E-state index contributed by atoms with van der Waals surface area (Å²) in [6.07, 6.45) is 3.14. The summed E-state index contributed by atoms with van der Waals surface area (Å²) < 4.78 is 16.0. The smallest absolute Gasteiger partial charge is 0.344 e. The SMILES string of the molecule is CCOC(=O)COc1cccc(NC(=O)/C=C/c2cccc(OCc3csc(C)n3)c2)c1. The lowest BCUT2D eigenvalue weighted by Crippen LogP contribution is -2.14. The molecule has 0 saturated carbocycles. The van der Waals surface area contributed by atoms with E-state index in [-0.39, 0.29) is 12.5 Å². The third-order valence-electron chi connectivity index (χ3n) is 4.10. The van der Waals surface area contributed by atoms with Gasteiger partial charge in [-0.05, 0) is 49.8 Å². The van der Waals surface area contributed by atoms with Crippen LogP contribution < -0.4 is 14.8 Å². The van der Waals surface area contributed by atoms with Crippen LogP contribution in [0.25, 0.3) is 6.08 Å². The maximum absolute atomic E-state index is 12.3. The van der Waals surface area contributed by atoms with Crippen LogP contribution in [0.4, 0.5) is 5.69 Å². The number of ether oxygens (including phenoxy) is 3. The molecule has 32 heavy (non-hydrogen) atoms. The predicted molar refractivity (Wildman–Crippen MR) is 124 cm³/mol. The van der Waals surface area contributed by atoms with E-state index in [9.17, 15) is 9.59 Å². The first-order valence-corrected chi connectivity index (χ1v) is 10.9. The van der Waals surface area contributed by atoms with Crippen molar-refractivity contribution in [3.05, 3.63) is 76.3 Å². The van der Waals surface area contributed by atoms with Gasteiger partial charge in [0.2, 0.25) is 5.91 Å². The zero-order chi connectivity index (χ0) is 22.8. The first-order chi connectivity index (χ1) is 15.5. The summed E-state index contributed by atoms with van der Waals surface area (Å²) in [5.41, 5.74) is 2.27. The fourth-order valence-electron chi connectivity index (χ4n) is 2.70. The molecule has 8 heteroatoms. The van der Waals surface area contributed by atoms with Crippen LogP contribution in [0.5, 0.6) is 11.5 Å². The topological polar surface area (TPSA) is 86.8 Å². The number of aromatic nitrogens is 1. The van der Waals surface area contributed by atoms with E-state index in [0.717, 1.165) is 16.3 Å². The van der Waals surface area contributed by atoms with Crippen LogP contribution in [-0.2, 0) is 20.9 Å². The van der Waals surface area contributed by atoms with E-state index in [1.54, 1.807) is 48.6 Å². The lowest BCUT2D eigenvalue weighted by Gasteiger charge is -2.08. The Balaban J connectivity index is 1.53. The molecule has 0 spiro atoms. The van der Waals surface area contributed by atoms with Crippen LogP contribution in [0.1, 0.15) is 23.2 Å². The molecule has 1 heterocycles. The van der Waals surface area contributed by atoms with Gasteiger partial charge in [0, 0.05) is 23.2 Å². The summed E-state index contributed by atoms with van der Waals surface area (Å²) in [4.78, 5) is 28.1. The molecule has 0 bridgehead atoms. The van der Waals surface area contributed by atoms with Crippen molar-refractivity contribution in [1.29, 1.82) is 0 Å². The van der Waals surface area contributed by atoms with E-state index in [2.05, 4.69) is 10.3 Å². The summed E-state index contributed by atoms with van der Waals surface area (Å²) in [5.74, 6) is 0.416. The Labute approximate surface area is 190 Å². The minimum Gasteiger partial charge on any atom is -0.487 e. The van der Waals surface area contributed by atoms with E-state index in [0.29, 0.717) is 30.4 Å². The van der Waals surface area contributed by atoms with Gasteiger partial charge in [-0.3, -0.25) is 4.79 Å². The number of esters is 1. The van der Waals surface area contributed by atoms with Crippen LogP contribution in [0.3, 0.4) is 0 Å². The fraction of sp³-hybridized carbons (Fsp3) is 0.208. The Bertz CT molecular complexity index is 1090. The molecule has 7 nitrogen and oxygen atoms in total. The van der Waals surface area contributed by atoms with Gasteiger partial charge < -0.3 is 19.5 Å². The molecule has 0 unspecified atom stereocenters. The standard InChI is InChI=1S/C24H24N2O5S/c1-3-29-24(28)15-31-22-9-5-7-19(13-22)26-23(27)11-10-18-6-4-8-21(12-18)30-14-20-16-32-17(2)25-20/h4-13,16H,3,14-15H2,1-2H3,(H,26,27)/b11-10+. The number of thiazole rings is 1. The van der Waals surface area contributed by atoms with Crippen molar-refractivity contribution >= 4 is 35.0 Å². The van der Waals surface area contributed by atoms with Crippen LogP contribution >= 0.6 is 11.3 Å². The average molecular weight is 453 g/mol. The molecule has 2 aromatic carbocycles. The number of amides is 1. The zero-order valence-electron chi connectivity index (χ0n) is 17.9. The normalized spacial score (nSPS) is 10.7. The first kappa shape index (κ1) is 23.0. The molecule has 1 amide bonds. The van der Waals surface area contributed by atoms with Crippen molar-refractivity contribution < 1.29 is 23.8 Å². The summed E-state index contributed by atoms with van der Waals surface area (Å²) in [6, 6.07) is 14.3. The highest BCUT2D eigenvalue weighted by atomic mass is 32.1. The molecule has 0 atom stereocenters. The number of carbonyl (C=O) groups is 2. The lowest BCUT2D eigenvalue weighted by atomic mass is 10.2. The minimum absolute atomic E-state index is 0.189. The van der Waals surface area contributed by atoms with Gasteiger partial charge in [-0.15, -0.1) is 11.3 Å². The van der Waals surface area contributed by atoms with Gasteiger partial charge in [-0.2, -0.15) is 0 Å². The first-order valence-electron chi connectivity index (χ1n) is 10.0. The van der Waals surface area contributed by atoms with Crippen LogP contribution in [0.15, 0.2) is 60.0 Å². The highest BCUT2D eigenvalue weighted by Gasteiger charge is 2.05. The van der Waals surface area contributed by atoms with Gasteiger partial charge in [0.05, 0.1) is 17.3 Å². The summed E-state index contributed by atoms with van der Waals surface area (Å²) in [6.45, 7) is 4.19. The Morgan fingerprint density at radius 2 is 1.88 bits per heavy atom. The van der Waals surface area contributed by atoms with Gasteiger partial charge >= 0.3 is 5.97 Å². The average Bonchev–Trinajstić information content (AvgIpc) is 3.21. The zero-order valence-corrected chi connectivity index (χ0v) is 18.7. The van der Waals surface area contributed by atoms with Crippen LogP contribution in [0.2, 0.25) is 0 Å². The molecule has 1 aromatic heterocycles. The molecule has 3 rings (SSSR count). The number of anilines is 1. The molecule has 1 N–H and O–H groups in total. The molecule has 0 radical (unpaired) electrons. The molecule has 0 saturated heterocycles. The molecule has 0 fully saturated rings. The van der Waals surface area contributed by atoms with E-state index >= 15 is 0 Å². The lowest BCUT2D eigenvalue weighted by molar-refractivity contribution is -0.145. The quantitative estimate of drug-likeness (QED) is 0.357. The number of aryl methyl sites for hydroxylation is 1. The van der Waals surface area contributed by atoms with E-state index in [1.807, 2.05) is 36.6 Å². The van der Waals surface area contributed by atoms with Gasteiger partial charge in [0.1, 0.15) is 18.1 Å². The fourth-order valence-corrected chi connectivity index (χ4v) is 3.30. The number of hydrogen-bond donors (Lipinski definition) is 1. The second-order valence-electron chi connectivity index (χ2n) is 6.66. The number of nitrogens with one attached hydrogen (secondary N) is 1. The number of hydrogen-bond acceptors (Lipinski definition) is 7. The van der Waals surface area contributed by atoms with Gasteiger partial charge in [0.25, 0.3) is 0 Å². The van der Waals surface area contributed by atoms with Crippen molar-refractivity contribution in [1.82, 2.24) is 4.98 Å². The van der Waals surface area contributed by atoms with E-state index in [1.165, 1.54) is 6.08 Å². The Morgan fingerprint density at radius 3 is 2.62 bits per heavy atom. The number of nitrogens with zero attached hydrogens (tertiary/aromatic N) is 1. The predicted octanol–water partition coefficient (Wildman–Crippen LogP) is 4.62. The van der Waals surface area contributed by atoms with E-state index in [4.69, 9.17) is 14.2 Å². The maximum Gasteiger partial charge on any atom is 0.344 e. The van der Waals surface area contributed by atoms with Crippen molar-refractivity contribution in [2.24, 2.45) is 0 Å². The molecule has 0 aliphatic carbocycles. The second-order valence-corrected chi connectivity index (χ2v) is 7.73. The largest absolute Gasteiger partial charge is 0.487 e. The number of carbonyl (C=O) groups excluding carboxylic acids is 2. The number of benzene rings is 2. The monoisotopic (exact) mass is 452 g/mol. The van der Waals surface area contributed by atoms with Crippen LogP contribution in [-0.4, -0.2) is 30.1 Å². The van der Waals surface area contributed by atoms with Crippen molar-refractivity contribution in [3.63, 3.8) is 0 Å². The molecule has 0 aliphatic rings. The van der Waals surface area contributed by atoms with Gasteiger partial charge in [0.15, 0.2) is 6.61 Å². The molecule has 3 aromatic rings. The van der Waals surface area contributed by atoms with Crippen molar-refractivity contribution in [3.8, 4) is 11.5 Å². The highest BCUT2D eigenvalue weighted by Crippen LogP contribution is 2.19. The molecule has 0 aliphatic heterocycles. The summed E-state index contributed by atoms with van der Waals surface area (Å²) in [5, 5.41) is 5.74. The Hall–Kier alpha value is -3.65. The Morgan fingerprint density at radius 1 is 1.09 bits per heavy atom. The maximum atomic E-state index is 12.3. The third kappa shape index (κ3) is 7.55. The molecular weight excluding hydrogens is 428 g/mol. The molecule has 166 valence electrons. The van der Waals surface area contributed by atoms with Gasteiger partial charge in [-0.25, -0.2) is 9.78 Å². The van der Waals surface area contributed by atoms with Crippen molar-refractivity contribution in [2.45, 2.75) is 20.5 Å². The summed E-state index contributed by atoms with van der Waals surface area (Å²) >= 11 is 1.59.